The minimum Gasteiger partial charge on any atom is -0.354 e. The number of hydrogen-bond donors (Lipinski definition) is 3. The molecule has 12 heteroatoms. The van der Waals surface area contributed by atoms with Crippen molar-refractivity contribution in [3.8, 4) is 0 Å². The zero-order chi connectivity index (χ0) is 29.5. The smallest absolute Gasteiger partial charge is 0.354 e. The Kier molecular flexibility index (Phi) is 11.1. The lowest BCUT2D eigenvalue weighted by Crippen LogP contribution is -2.46. The van der Waals surface area contributed by atoms with Gasteiger partial charge in [-0.15, -0.1) is 11.8 Å². The van der Waals surface area contributed by atoms with E-state index in [1.807, 2.05) is 20.1 Å². The van der Waals surface area contributed by atoms with E-state index < -0.39 is 39.9 Å². The molecule has 2 amide bonds. The Morgan fingerprint density at radius 3 is 2.35 bits per heavy atom. The van der Waals surface area contributed by atoms with Gasteiger partial charge in [0.25, 0.3) is 5.91 Å². The van der Waals surface area contributed by atoms with Crippen LogP contribution in [0.15, 0.2) is 58.3 Å². The summed E-state index contributed by atoms with van der Waals surface area (Å²) in [7, 11) is -3.56. The standard InChI is InChI=1S/C28H36F3N3O4S2/c1-18(2)34-23-8-7-20(21(14-23)17-40(37,38)25-11-9-24(39-3)10-12-25)15-32-26(35)16-33-27(36)19-5-4-6-22(13-19)28(29,30)31/h4-6,9-13,18,20-21,23,34H,7-8,14-17H2,1-3H3,(H,32,35)(H,33,36). The van der Waals surface area contributed by atoms with Gasteiger partial charge < -0.3 is 16.0 Å². The third-order valence-corrected chi connectivity index (χ3v) is 9.58. The largest absolute Gasteiger partial charge is 0.416 e. The van der Waals surface area contributed by atoms with Crippen molar-refractivity contribution in [2.75, 3.05) is 25.1 Å². The van der Waals surface area contributed by atoms with Gasteiger partial charge in [0.05, 0.1) is 22.8 Å². The highest BCUT2D eigenvalue weighted by Crippen LogP contribution is 2.33. The minimum atomic E-state index is -4.58. The molecule has 3 unspecified atom stereocenters. The molecule has 220 valence electrons. The molecule has 1 fully saturated rings. The number of sulfone groups is 1. The molecular formula is C28H36F3N3O4S2. The summed E-state index contributed by atoms with van der Waals surface area (Å²) in [6, 6.07) is 11.2. The highest BCUT2D eigenvalue weighted by Gasteiger charge is 2.35. The maximum atomic E-state index is 13.3. The lowest BCUT2D eigenvalue weighted by molar-refractivity contribution is -0.137. The molecule has 0 aromatic heterocycles. The summed E-state index contributed by atoms with van der Waals surface area (Å²) < 4.78 is 65.4. The first-order valence-corrected chi connectivity index (χ1v) is 16.0. The first-order chi connectivity index (χ1) is 18.8. The molecule has 0 bridgehead atoms. The van der Waals surface area contributed by atoms with Crippen molar-refractivity contribution in [3.05, 3.63) is 59.7 Å². The predicted molar refractivity (Wildman–Crippen MR) is 150 cm³/mol. The SMILES string of the molecule is CSc1ccc(S(=O)(=O)CC2CC(NC(C)C)CCC2CNC(=O)CNC(=O)c2cccc(C(F)(F)F)c2)cc1. The van der Waals surface area contributed by atoms with Crippen LogP contribution in [-0.2, 0) is 20.8 Å². The van der Waals surface area contributed by atoms with E-state index in [1.54, 1.807) is 24.3 Å². The summed E-state index contributed by atoms with van der Waals surface area (Å²) in [5, 5.41) is 8.61. The van der Waals surface area contributed by atoms with E-state index in [1.165, 1.54) is 17.8 Å². The highest BCUT2D eigenvalue weighted by molar-refractivity contribution is 7.98. The van der Waals surface area contributed by atoms with Crippen LogP contribution in [0.3, 0.4) is 0 Å². The molecule has 3 atom stereocenters. The molecule has 0 spiro atoms. The fraction of sp³-hybridized carbons (Fsp3) is 0.500. The molecule has 2 aromatic carbocycles. The fourth-order valence-electron chi connectivity index (χ4n) is 4.99. The van der Waals surface area contributed by atoms with Crippen LogP contribution in [0.4, 0.5) is 13.2 Å². The van der Waals surface area contributed by atoms with Crippen molar-refractivity contribution in [2.45, 2.75) is 61.2 Å². The van der Waals surface area contributed by atoms with Crippen molar-refractivity contribution in [2.24, 2.45) is 11.8 Å². The summed E-state index contributed by atoms with van der Waals surface area (Å²) in [6.07, 6.45) is -0.466. The van der Waals surface area contributed by atoms with Gasteiger partial charge in [0.2, 0.25) is 5.91 Å². The van der Waals surface area contributed by atoms with E-state index in [-0.39, 0.29) is 46.7 Å². The van der Waals surface area contributed by atoms with Gasteiger partial charge in [-0.25, -0.2) is 8.42 Å². The first kappa shape index (κ1) is 32.0. The van der Waals surface area contributed by atoms with E-state index in [0.29, 0.717) is 12.8 Å². The van der Waals surface area contributed by atoms with Crippen LogP contribution in [-0.4, -0.2) is 57.4 Å². The van der Waals surface area contributed by atoms with Gasteiger partial charge >= 0.3 is 6.18 Å². The van der Waals surface area contributed by atoms with Gasteiger partial charge in [0.15, 0.2) is 9.84 Å². The summed E-state index contributed by atoms with van der Waals surface area (Å²) in [4.78, 5) is 26.0. The topological polar surface area (TPSA) is 104 Å². The molecule has 0 heterocycles. The second-order valence-electron chi connectivity index (χ2n) is 10.4. The van der Waals surface area contributed by atoms with Crippen molar-refractivity contribution in [1.82, 2.24) is 16.0 Å². The van der Waals surface area contributed by atoms with Crippen molar-refractivity contribution in [1.29, 1.82) is 0 Å². The molecule has 0 aliphatic heterocycles. The van der Waals surface area contributed by atoms with E-state index in [4.69, 9.17) is 0 Å². The van der Waals surface area contributed by atoms with Crippen LogP contribution >= 0.6 is 11.8 Å². The Hall–Kier alpha value is -2.57. The van der Waals surface area contributed by atoms with Crippen LogP contribution < -0.4 is 16.0 Å². The number of thioether (sulfide) groups is 1. The summed E-state index contributed by atoms with van der Waals surface area (Å²) in [6.45, 7) is 3.90. The molecule has 40 heavy (non-hydrogen) atoms. The number of nitrogens with one attached hydrogen (secondary N) is 3. The number of amides is 2. The Morgan fingerprint density at radius 2 is 1.73 bits per heavy atom. The Bertz CT molecular complexity index is 1270. The molecule has 0 radical (unpaired) electrons. The van der Waals surface area contributed by atoms with Gasteiger partial charge in [-0.3, -0.25) is 9.59 Å². The third-order valence-electron chi connectivity index (χ3n) is 6.98. The number of carbonyl (C=O) groups is 2. The first-order valence-electron chi connectivity index (χ1n) is 13.1. The zero-order valence-electron chi connectivity index (χ0n) is 22.8. The predicted octanol–water partition coefficient (Wildman–Crippen LogP) is 4.53. The third kappa shape index (κ3) is 9.24. The monoisotopic (exact) mass is 599 g/mol. The molecule has 1 saturated carbocycles. The minimum absolute atomic E-state index is 0.0469. The maximum absolute atomic E-state index is 13.3. The van der Waals surface area contributed by atoms with Crippen LogP contribution in [0.5, 0.6) is 0 Å². The average molecular weight is 600 g/mol. The van der Waals surface area contributed by atoms with Gasteiger partial charge in [-0.1, -0.05) is 19.9 Å². The van der Waals surface area contributed by atoms with Crippen LogP contribution in [0.25, 0.3) is 0 Å². The normalized spacial score (nSPS) is 19.8. The number of halogens is 3. The number of hydrogen-bond acceptors (Lipinski definition) is 6. The summed E-state index contributed by atoms with van der Waals surface area (Å²) in [5.74, 6) is -1.63. The molecule has 3 N–H and O–H groups in total. The van der Waals surface area contributed by atoms with E-state index in [0.717, 1.165) is 29.5 Å². The number of benzene rings is 2. The van der Waals surface area contributed by atoms with Gasteiger partial charge in [-0.05, 0) is 79.8 Å². The number of rotatable bonds is 11. The Balaban J connectivity index is 1.61. The van der Waals surface area contributed by atoms with Crippen molar-refractivity contribution in [3.63, 3.8) is 0 Å². The van der Waals surface area contributed by atoms with Crippen molar-refractivity contribution < 1.29 is 31.2 Å². The molecule has 1 aliphatic rings. The average Bonchev–Trinajstić information content (AvgIpc) is 2.90. The molecule has 7 nitrogen and oxygen atoms in total. The van der Waals surface area contributed by atoms with Crippen molar-refractivity contribution >= 4 is 33.4 Å². The quantitative estimate of drug-likeness (QED) is 0.328. The van der Waals surface area contributed by atoms with E-state index in [9.17, 15) is 31.2 Å². The molecule has 0 saturated heterocycles. The Morgan fingerprint density at radius 1 is 1.02 bits per heavy atom. The molecule has 3 rings (SSSR count). The maximum Gasteiger partial charge on any atom is 0.416 e. The number of carbonyl (C=O) groups excluding carboxylic acids is 2. The molecule has 2 aromatic rings. The summed E-state index contributed by atoms with van der Waals surface area (Å²) in [5.41, 5.74) is -1.15. The van der Waals surface area contributed by atoms with Crippen LogP contribution in [0.2, 0.25) is 0 Å². The van der Waals surface area contributed by atoms with Crippen LogP contribution in [0.1, 0.15) is 49.0 Å². The fourth-order valence-corrected chi connectivity index (χ4v) is 7.11. The zero-order valence-corrected chi connectivity index (χ0v) is 24.4. The lowest BCUT2D eigenvalue weighted by atomic mass is 9.77. The van der Waals surface area contributed by atoms with Crippen LogP contribution in [0, 0.1) is 11.8 Å². The molecule has 1 aliphatic carbocycles. The highest BCUT2D eigenvalue weighted by atomic mass is 32.2. The lowest BCUT2D eigenvalue weighted by Gasteiger charge is -2.37. The van der Waals surface area contributed by atoms with Gasteiger partial charge in [0, 0.05) is 29.1 Å². The van der Waals surface area contributed by atoms with E-state index >= 15 is 0 Å². The second-order valence-corrected chi connectivity index (χ2v) is 13.3. The second kappa shape index (κ2) is 13.9. The van der Waals surface area contributed by atoms with E-state index in [2.05, 4.69) is 16.0 Å². The number of alkyl halides is 3. The van der Waals surface area contributed by atoms with Gasteiger partial charge in [-0.2, -0.15) is 13.2 Å². The molecular weight excluding hydrogens is 563 g/mol. The summed E-state index contributed by atoms with van der Waals surface area (Å²) >= 11 is 1.53. The van der Waals surface area contributed by atoms with Gasteiger partial charge in [0.1, 0.15) is 0 Å². The Labute approximate surface area is 238 Å².